The highest BCUT2D eigenvalue weighted by atomic mass is 16.5. The first-order chi connectivity index (χ1) is 10.1. The van der Waals surface area contributed by atoms with Crippen molar-refractivity contribution in [3.63, 3.8) is 0 Å². The third-order valence-corrected chi connectivity index (χ3v) is 3.43. The number of hydrogen-bond donors (Lipinski definition) is 1. The molecule has 3 heteroatoms. The number of ether oxygens (including phenoxy) is 1. The Balaban J connectivity index is 1.87. The van der Waals surface area contributed by atoms with Gasteiger partial charge in [0, 0.05) is 0 Å². The Morgan fingerprint density at radius 2 is 1.76 bits per heavy atom. The highest BCUT2D eigenvalue weighted by Crippen LogP contribution is 2.15. The Morgan fingerprint density at radius 1 is 1.10 bits per heavy atom. The van der Waals surface area contributed by atoms with E-state index >= 15 is 0 Å². The summed E-state index contributed by atoms with van der Waals surface area (Å²) in [5, 5.41) is 9.33. The van der Waals surface area contributed by atoms with Crippen molar-refractivity contribution in [2.45, 2.75) is 19.8 Å². The second-order valence-electron chi connectivity index (χ2n) is 5.18. The second kappa shape index (κ2) is 7.48. The van der Waals surface area contributed by atoms with E-state index in [0.717, 1.165) is 11.3 Å². The number of carbonyl (C=O) groups is 1. The van der Waals surface area contributed by atoms with E-state index in [-0.39, 0.29) is 0 Å². The maximum atomic E-state index is 11.4. The number of aryl methyl sites for hydroxylation is 1. The standard InChI is InChI=1S/C18H20O3/c1-14-7-9-15(10-8-14)13-16(18(19)20)11-12-21-17-5-3-2-4-6-17/h2-10,16H,11-13H2,1H3,(H,19,20). The van der Waals surface area contributed by atoms with Gasteiger partial charge in [0.2, 0.25) is 0 Å². The largest absolute Gasteiger partial charge is 0.494 e. The van der Waals surface area contributed by atoms with Crippen LogP contribution in [0.25, 0.3) is 0 Å². The van der Waals surface area contributed by atoms with Crippen LogP contribution < -0.4 is 4.74 Å². The van der Waals surface area contributed by atoms with E-state index in [1.54, 1.807) is 0 Å². The fraction of sp³-hybridized carbons (Fsp3) is 0.278. The lowest BCUT2D eigenvalue weighted by Gasteiger charge is -2.13. The quantitative estimate of drug-likeness (QED) is 0.843. The molecule has 2 aromatic rings. The van der Waals surface area contributed by atoms with Crippen molar-refractivity contribution in [2.75, 3.05) is 6.61 Å². The number of rotatable bonds is 7. The van der Waals surface area contributed by atoms with Crippen LogP contribution in [0.3, 0.4) is 0 Å². The Bertz CT molecular complexity index is 561. The molecule has 0 aliphatic rings. The maximum absolute atomic E-state index is 11.4. The van der Waals surface area contributed by atoms with E-state index in [2.05, 4.69) is 0 Å². The topological polar surface area (TPSA) is 46.5 Å². The van der Waals surface area contributed by atoms with Gasteiger partial charge in [0.05, 0.1) is 12.5 Å². The van der Waals surface area contributed by atoms with Crippen molar-refractivity contribution in [1.82, 2.24) is 0 Å². The molecule has 110 valence electrons. The molecule has 0 aliphatic heterocycles. The molecule has 3 nitrogen and oxygen atoms in total. The highest BCUT2D eigenvalue weighted by molar-refractivity contribution is 5.70. The molecule has 0 fully saturated rings. The molecule has 0 aromatic heterocycles. The fourth-order valence-corrected chi connectivity index (χ4v) is 2.16. The minimum Gasteiger partial charge on any atom is -0.494 e. The van der Waals surface area contributed by atoms with Crippen molar-refractivity contribution in [2.24, 2.45) is 5.92 Å². The van der Waals surface area contributed by atoms with E-state index in [1.807, 2.05) is 61.5 Å². The normalized spacial score (nSPS) is 11.9. The molecule has 0 saturated carbocycles. The molecule has 0 bridgehead atoms. The number of carboxylic acid groups (broad SMARTS) is 1. The lowest BCUT2D eigenvalue weighted by Crippen LogP contribution is -2.19. The van der Waals surface area contributed by atoms with Crippen LogP contribution in [0.15, 0.2) is 54.6 Å². The van der Waals surface area contributed by atoms with Crippen LogP contribution in [0.5, 0.6) is 5.75 Å². The van der Waals surface area contributed by atoms with Gasteiger partial charge in [-0.25, -0.2) is 0 Å². The van der Waals surface area contributed by atoms with Crippen molar-refractivity contribution < 1.29 is 14.6 Å². The predicted molar refractivity (Wildman–Crippen MR) is 82.6 cm³/mol. The molecule has 1 atom stereocenters. The Kier molecular flexibility index (Phi) is 5.38. The van der Waals surface area contributed by atoms with Crippen LogP contribution in [-0.2, 0) is 11.2 Å². The van der Waals surface area contributed by atoms with E-state index in [0.29, 0.717) is 19.4 Å². The van der Waals surface area contributed by atoms with Gasteiger partial charge in [0.25, 0.3) is 0 Å². The zero-order valence-corrected chi connectivity index (χ0v) is 12.2. The average molecular weight is 284 g/mol. The number of aliphatic carboxylic acids is 1. The Hall–Kier alpha value is -2.29. The summed E-state index contributed by atoms with van der Waals surface area (Å²) in [6.07, 6.45) is 1.03. The van der Waals surface area contributed by atoms with E-state index in [4.69, 9.17) is 4.74 Å². The molecule has 1 unspecified atom stereocenters. The molecule has 0 aliphatic carbocycles. The zero-order valence-electron chi connectivity index (χ0n) is 12.2. The van der Waals surface area contributed by atoms with Crippen molar-refractivity contribution in [3.05, 3.63) is 65.7 Å². The van der Waals surface area contributed by atoms with Crippen molar-refractivity contribution in [1.29, 1.82) is 0 Å². The summed E-state index contributed by atoms with van der Waals surface area (Å²) in [5.41, 5.74) is 2.23. The van der Waals surface area contributed by atoms with E-state index in [9.17, 15) is 9.90 Å². The van der Waals surface area contributed by atoms with Crippen LogP contribution in [0.4, 0.5) is 0 Å². The summed E-state index contributed by atoms with van der Waals surface area (Å²) in [6, 6.07) is 17.5. The van der Waals surface area contributed by atoms with Gasteiger partial charge in [-0.2, -0.15) is 0 Å². The van der Waals surface area contributed by atoms with Crippen molar-refractivity contribution in [3.8, 4) is 5.75 Å². The van der Waals surface area contributed by atoms with Gasteiger partial charge >= 0.3 is 5.97 Å². The number of hydrogen-bond acceptors (Lipinski definition) is 2. The summed E-state index contributed by atoms with van der Waals surface area (Å²) in [7, 11) is 0. The monoisotopic (exact) mass is 284 g/mol. The second-order valence-corrected chi connectivity index (χ2v) is 5.18. The minimum absolute atomic E-state index is 0.410. The summed E-state index contributed by atoms with van der Waals surface area (Å²) in [6.45, 7) is 2.43. The molecular formula is C18H20O3. The molecule has 0 amide bonds. The van der Waals surface area contributed by atoms with Crippen LogP contribution in [0, 0.1) is 12.8 Å². The first-order valence-electron chi connectivity index (χ1n) is 7.11. The lowest BCUT2D eigenvalue weighted by molar-refractivity contribution is -0.142. The Labute approximate surface area is 125 Å². The summed E-state index contributed by atoms with van der Waals surface area (Å²) < 4.78 is 5.58. The molecular weight excluding hydrogens is 264 g/mol. The van der Waals surface area contributed by atoms with Gasteiger partial charge in [-0.1, -0.05) is 48.0 Å². The molecule has 0 spiro atoms. The molecule has 0 saturated heterocycles. The Morgan fingerprint density at radius 3 is 2.38 bits per heavy atom. The third kappa shape index (κ3) is 4.95. The first kappa shape index (κ1) is 15.1. The molecule has 2 rings (SSSR count). The van der Waals surface area contributed by atoms with Crippen molar-refractivity contribution >= 4 is 5.97 Å². The third-order valence-electron chi connectivity index (χ3n) is 3.43. The molecule has 0 heterocycles. The van der Waals surface area contributed by atoms with Gasteiger partial charge in [-0.3, -0.25) is 4.79 Å². The van der Waals surface area contributed by atoms with Gasteiger partial charge in [0.1, 0.15) is 5.75 Å². The molecule has 21 heavy (non-hydrogen) atoms. The fourth-order valence-electron chi connectivity index (χ4n) is 2.16. The maximum Gasteiger partial charge on any atom is 0.306 e. The first-order valence-corrected chi connectivity index (χ1v) is 7.11. The smallest absolute Gasteiger partial charge is 0.306 e. The summed E-state index contributed by atoms with van der Waals surface area (Å²) in [4.78, 5) is 11.4. The minimum atomic E-state index is -0.771. The van der Waals surface area contributed by atoms with Gasteiger partial charge < -0.3 is 9.84 Å². The molecule has 2 aromatic carbocycles. The van der Waals surface area contributed by atoms with Crippen LogP contribution in [0.2, 0.25) is 0 Å². The predicted octanol–water partition coefficient (Wildman–Crippen LogP) is 3.71. The van der Waals surface area contributed by atoms with Gasteiger partial charge in [-0.05, 0) is 37.5 Å². The lowest BCUT2D eigenvalue weighted by atomic mass is 9.96. The number of benzene rings is 2. The molecule has 0 radical (unpaired) electrons. The van der Waals surface area contributed by atoms with E-state index < -0.39 is 11.9 Å². The van der Waals surface area contributed by atoms with Gasteiger partial charge in [-0.15, -0.1) is 0 Å². The SMILES string of the molecule is Cc1ccc(CC(CCOc2ccccc2)C(=O)O)cc1. The highest BCUT2D eigenvalue weighted by Gasteiger charge is 2.18. The zero-order chi connectivity index (χ0) is 15.1. The van der Waals surface area contributed by atoms with Gasteiger partial charge in [0.15, 0.2) is 0 Å². The van der Waals surface area contributed by atoms with Crippen LogP contribution >= 0.6 is 0 Å². The summed E-state index contributed by atoms with van der Waals surface area (Å²) in [5.74, 6) is -0.416. The van der Waals surface area contributed by atoms with Crippen LogP contribution in [-0.4, -0.2) is 17.7 Å². The molecule has 1 N–H and O–H groups in total. The van der Waals surface area contributed by atoms with E-state index in [1.165, 1.54) is 5.56 Å². The number of carboxylic acids is 1. The number of para-hydroxylation sites is 1. The van der Waals surface area contributed by atoms with Crippen LogP contribution in [0.1, 0.15) is 17.5 Å². The summed E-state index contributed by atoms with van der Waals surface area (Å²) >= 11 is 0. The average Bonchev–Trinajstić information content (AvgIpc) is 2.49.